The zero-order chi connectivity index (χ0) is 22.5. The molecule has 0 aliphatic rings. The third kappa shape index (κ3) is 5.04. The van der Waals surface area contributed by atoms with Crippen LogP contribution in [0.15, 0.2) is 66.0 Å². The van der Waals surface area contributed by atoms with Crippen molar-refractivity contribution in [2.24, 2.45) is 0 Å². The van der Waals surface area contributed by atoms with E-state index in [0.717, 1.165) is 26.0 Å². The van der Waals surface area contributed by atoms with Crippen LogP contribution in [0.4, 0.5) is 11.4 Å². The normalized spacial score (nSPS) is 10.6. The van der Waals surface area contributed by atoms with E-state index in [1.54, 1.807) is 29.5 Å². The molecule has 4 aromatic rings. The molecule has 0 fully saturated rings. The van der Waals surface area contributed by atoms with E-state index in [2.05, 4.69) is 10.6 Å². The molecule has 162 valence electrons. The Bertz CT molecular complexity index is 1230. The second-order valence-corrected chi connectivity index (χ2v) is 8.99. The fraction of sp³-hybridized carbons (Fsp3) is 0.125. The van der Waals surface area contributed by atoms with E-state index in [9.17, 15) is 9.59 Å². The second kappa shape index (κ2) is 9.76. The van der Waals surface area contributed by atoms with Crippen molar-refractivity contribution in [3.05, 3.63) is 70.9 Å². The van der Waals surface area contributed by atoms with E-state index < -0.39 is 0 Å². The highest BCUT2D eigenvalue weighted by Gasteiger charge is 2.18. The smallest absolute Gasteiger partial charge is 0.229 e. The van der Waals surface area contributed by atoms with E-state index in [1.165, 1.54) is 25.4 Å². The molecule has 8 heteroatoms. The molecule has 2 aromatic carbocycles. The van der Waals surface area contributed by atoms with Gasteiger partial charge in [-0.1, -0.05) is 36.4 Å². The molecule has 0 aliphatic heterocycles. The first-order valence-corrected chi connectivity index (χ1v) is 11.6. The van der Waals surface area contributed by atoms with Gasteiger partial charge >= 0.3 is 0 Å². The summed E-state index contributed by atoms with van der Waals surface area (Å²) in [5, 5.41) is 8.51. The lowest BCUT2D eigenvalue weighted by Gasteiger charge is -2.11. The van der Waals surface area contributed by atoms with Crippen LogP contribution in [-0.2, 0) is 16.0 Å². The number of hydrogen-bond donors (Lipinski definition) is 2. The van der Waals surface area contributed by atoms with Crippen LogP contribution in [0.5, 0.6) is 5.75 Å². The lowest BCUT2D eigenvalue weighted by Crippen LogP contribution is -2.14. The fourth-order valence-electron chi connectivity index (χ4n) is 3.19. The Morgan fingerprint density at radius 2 is 1.84 bits per heavy atom. The molecule has 2 aromatic heterocycles. The third-order valence-corrected chi connectivity index (χ3v) is 6.57. The topological polar surface area (TPSA) is 80.3 Å². The first kappa shape index (κ1) is 21.7. The molecule has 2 heterocycles. The van der Waals surface area contributed by atoms with Crippen LogP contribution in [0.1, 0.15) is 11.8 Å². The number of ether oxygens (including phenoxy) is 1. The number of methoxy groups -OCH3 is 1. The van der Waals surface area contributed by atoms with Crippen LogP contribution in [-0.4, -0.2) is 23.9 Å². The maximum Gasteiger partial charge on any atom is 0.229 e. The molecule has 6 nitrogen and oxygen atoms in total. The van der Waals surface area contributed by atoms with Gasteiger partial charge in [-0.15, -0.1) is 22.7 Å². The van der Waals surface area contributed by atoms with Crippen LogP contribution in [0.3, 0.4) is 0 Å². The SMILES string of the molecule is COc1cc(NC(=O)Cc2sc(-c3ccccc3)nc2-c2cccs2)ccc1NC(C)=O. The fourth-order valence-corrected chi connectivity index (χ4v) is 5.08. The summed E-state index contributed by atoms with van der Waals surface area (Å²) in [5.74, 6) is 0.127. The summed E-state index contributed by atoms with van der Waals surface area (Å²) >= 11 is 3.13. The van der Waals surface area contributed by atoms with Crippen LogP contribution in [0.2, 0.25) is 0 Å². The van der Waals surface area contributed by atoms with Gasteiger partial charge in [0, 0.05) is 29.1 Å². The predicted molar refractivity (Wildman–Crippen MR) is 130 cm³/mol. The highest BCUT2D eigenvalue weighted by Crippen LogP contribution is 2.36. The Balaban J connectivity index is 1.57. The minimum atomic E-state index is -0.194. The second-order valence-electron chi connectivity index (χ2n) is 6.96. The number of benzene rings is 2. The number of thiazole rings is 1. The standard InChI is InChI=1S/C24H21N3O3S2/c1-15(28)25-18-11-10-17(13-19(18)30-2)26-22(29)14-21-23(20-9-6-12-31-20)27-24(32-21)16-7-4-3-5-8-16/h3-13H,14H2,1-2H3,(H,25,28)(H,26,29). The van der Waals surface area contributed by atoms with Crippen molar-refractivity contribution in [2.75, 3.05) is 17.7 Å². The van der Waals surface area contributed by atoms with Gasteiger partial charge in [0.1, 0.15) is 10.8 Å². The highest BCUT2D eigenvalue weighted by molar-refractivity contribution is 7.17. The molecule has 0 aliphatic carbocycles. The minimum Gasteiger partial charge on any atom is -0.494 e. The monoisotopic (exact) mass is 463 g/mol. The maximum absolute atomic E-state index is 12.9. The van der Waals surface area contributed by atoms with Gasteiger partial charge < -0.3 is 15.4 Å². The molecule has 0 unspecified atom stereocenters. The summed E-state index contributed by atoms with van der Waals surface area (Å²) in [6.07, 6.45) is 0.202. The molecule has 4 rings (SSSR count). The summed E-state index contributed by atoms with van der Waals surface area (Å²) < 4.78 is 5.33. The van der Waals surface area contributed by atoms with Crippen molar-refractivity contribution in [2.45, 2.75) is 13.3 Å². The van der Waals surface area contributed by atoms with E-state index in [0.29, 0.717) is 17.1 Å². The molecule has 0 spiro atoms. The molecular weight excluding hydrogens is 442 g/mol. The van der Waals surface area contributed by atoms with Crippen molar-refractivity contribution < 1.29 is 14.3 Å². The van der Waals surface area contributed by atoms with Gasteiger partial charge in [0.15, 0.2) is 0 Å². The maximum atomic E-state index is 12.9. The molecule has 2 amide bonds. The van der Waals surface area contributed by atoms with Gasteiger partial charge in [-0.2, -0.15) is 0 Å². The number of aromatic nitrogens is 1. The Morgan fingerprint density at radius 1 is 1.03 bits per heavy atom. The highest BCUT2D eigenvalue weighted by atomic mass is 32.1. The molecule has 0 saturated carbocycles. The molecule has 0 radical (unpaired) electrons. The first-order chi connectivity index (χ1) is 15.5. The summed E-state index contributed by atoms with van der Waals surface area (Å²) in [6.45, 7) is 1.43. The molecule has 0 atom stereocenters. The molecule has 0 bridgehead atoms. The minimum absolute atomic E-state index is 0.152. The van der Waals surface area contributed by atoms with Crippen molar-refractivity contribution in [1.82, 2.24) is 4.98 Å². The zero-order valence-corrected chi connectivity index (χ0v) is 19.2. The largest absolute Gasteiger partial charge is 0.494 e. The number of anilines is 2. The van der Waals surface area contributed by atoms with Crippen molar-refractivity contribution in [1.29, 1.82) is 0 Å². The first-order valence-electron chi connectivity index (χ1n) is 9.88. The number of hydrogen-bond acceptors (Lipinski definition) is 6. The Hall–Kier alpha value is -3.49. The molecule has 32 heavy (non-hydrogen) atoms. The number of nitrogens with one attached hydrogen (secondary N) is 2. The van der Waals surface area contributed by atoms with Crippen molar-refractivity contribution >= 4 is 45.9 Å². The summed E-state index contributed by atoms with van der Waals surface area (Å²) in [6, 6.07) is 19.1. The Morgan fingerprint density at radius 3 is 2.53 bits per heavy atom. The quantitative estimate of drug-likeness (QED) is 0.369. The van der Waals surface area contributed by atoms with Crippen molar-refractivity contribution in [3.8, 4) is 26.9 Å². The number of carbonyl (C=O) groups is 2. The van der Waals surface area contributed by atoms with Crippen molar-refractivity contribution in [3.63, 3.8) is 0 Å². The Kier molecular flexibility index (Phi) is 6.63. The third-order valence-electron chi connectivity index (χ3n) is 4.59. The number of rotatable bonds is 7. The average molecular weight is 464 g/mol. The van der Waals surface area contributed by atoms with Gasteiger partial charge in [-0.05, 0) is 23.6 Å². The van der Waals surface area contributed by atoms with Gasteiger partial charge in [0.05, 0.1) is 29.8 Å². The summed E-state index contributed by atoms with van der Waals surface area (Å²) in [4.78, 5) is 31.0. The van der Waals surface area contributed by atoms with Gasteiger partial charge in [0.2, 0.25) is 11.8 Å². The van der Waals surface area contributed by atoms with E-state index in [1.807, 2.05) is 47.8 Å². The number of carbonyl (C=O) groups excluding carboxylic acids is 2. The van der Waals surface area contributed by atoms with Crippen LogP contribution in [0.25, 0.3) is 21.1 Å². The summed E-state index contributed by atoms with van der Waals surface area (Å²) in [7, 11) is 1.52. The zero-order valence-electron chi connectivity index (χ0n) is 17.5. The van der Waals surface area contributed by atoms with E-state index in [4.69, 9.17) is 9.72 Å². The molecule has 2 N–H and O–H groups in total. The lowest BCUT2D eigenvalue weighted by atomic mass is 10.2. The van der Waals surface area contributed by atoms with Gasteiger partial charge in [0.25, 0.3) is 0 Å². The lowest BCUT2D eigenvalue weighted by molar-refractivity contribution is -0.116. The van der Waals surface area contributed by atoms with Crippen LogP contribution >= 0.6 is 22.7 Å². The number of amides is 2. The van der Waals surface area contributed by atoms with Crippen LogP contribution in [0, 0.1) is 0 Å². The van der Waals surface area contributed by atoms with Crippen LogP contribution < -0.4 is 15.4 Å². The summed E-state index contributed by atoms with van der Waals surface area (Å²) in [5.41, 5.74) is 3.01. The number of thiophene rings is 1. The molecule has 0 saturated heterocycles. The number of nitrogens with zero attached hydrogens (tertiary/aromatic N) is 1. The van der Waals surface area contributed by atoms with E-state index >= 15 is 0 Å². The molecular formula is C24H21N3O3S2. The predicted octanol–water partition coefficient (Wildman–Crippen LogP) is 5.69. The van der Waals surface area contributed by atoms with Gasteiger partial charge in [-0.3, -0.25) is 9.59 Å². The average Bonchev–Trinajstić information content (AvgIpc) is 3.45. The van der Waals surface area contributed by atoms with E-state index in [-0.39, 0.29) is 18.2 Å². The van der Waals surface area contributed by atoms with Gasteiger partial charge in [-0.25, -0.2) is 4.98 Å². The Labute approximate surface area is 193 Å².